The molecule has 2 saturated carbocycles. The molecule has 1 saturated heterocycles. The standard InChI is InChI=1S/C38H50N6O8S/c1-9-24-19-38(24,21-39-53(48,49)26-15-16-26)42-33(45)28-17-25(20-44(28)34(46)32(36(3,4)5)41-35(47)51-37(6,7)8)50-29-18-27(23-13-11-10-12-14-23)40-30-22(2)43-52-31(29)30/h9-14,18,24-26,28,32,39H,1,15-17,19-21H2,2-8H3,(H,41,47)(H,42,45)/t24-,25-,28+,32-,38+/m1/s1. The molecule has 3 heterocycles. The third-order valence-corrected chi connectivity index (χ3v) is 11.8. The Balaban J connectivity index is 1.31. The Bertz CT molecular complexity index is 2000. The number of alkyl carbamates (subject to hydrolysis) is 1. The number of nitrogens with one attached hydrogen (secondary N) is 3. The lowest BCUT2D eigenvalue weighted by atomic mass is 9.85. The van der Waals surface area contributed by atoms with Crippen LogP contribution < -0.4 is 20.1 Å². The van der Waals surface area contributed by atoms with E-state index in [1.165, 1.54) is 4.90 Å². The van der Waals surface area contributed by atoms with E-state index in [4.69, 9.17) is 19.0 Å². The third-order valence-electron chi connectivity index (χ3n) is 9.88. The van der Waals surface area contributed by atoms with Crippen LogP contribution >= 0.6 is 0 Å². The number of nitrogens with zero attached hydrogens (tertiary/aromatic N) is 3. The number of aryl methyl sites for hydroxylation is 1. The maximum absolute atomic E-state index is 14.6. The molecule has 3 amide bonds. The summed E-state index contributed by atoms with van der Waals surface area (Å²) in [5, 5.41) is 9.53. The van der Waals surface area contributed by atoms with Gasteiger partial charge in [-0.15, -0.1) is 6.58 Å². The van der Waals surface area contributed by atoms with Crippen molar-refractivity contribution < 1.29 is 36.8 Å². The summed E-state index contributed by atoms with van der Waals surface area (Å²) in [6, 6.07) is 9.24. The van der Waals surface area contributed by atoms with Gasteiger partial charge in [-0.25, -0.2) is 22.9 Å². The quantitative estimate of drug-likeness (QED) is 0.221. The Morgan fingerprint density at radius 3 is 2.43 bits per heavy atom. The van der Waals surface area contributed by atoms with Crippen molar-refractivity contribution in [1.82, 2.24) is 30.4 Å². The zero-order chi connectivity index (χ0) is 38.5. The van der Waals surface area contributed by atoms with Crippen LogP contribution in [0.4, 0.5) is 4.79 Å². The Kier molecular flexibility index (Phi) is 10.1. The van der Waals surface area contributed by atoms with Gasteiger partial charge in [0.25, 0.3) is 0 Å². The molecule has 0 spiro atoms. The van der Waals surface area contributed by atoms with E-state index in [1.807, 2.05) is 51.1 Å². The molecule has 0 bridgehead atoms. The summed E-state index contributed by atoms with van der Waals surface area (Å²) in [4.78, 5) is 48.1. The fraction of sp³-hybridized carbons (Fsp3) is 0.553. The largest absolute Gasteiger partial charge is 0.484 e. The maximum Gasteiger partial charge on any atom is 0.408 e. The minimum Gasteiger partial charge on any atom is -0.484 e. The first-order valence-electron chi connectivity index (χ1n) is 18.0. The van der Waals surface area contributed by atoms with Crippen LogP contribution in [-0.2, 0) is 24.3 Å². The molecule has 3 fully saturated rings. The number of rotatable bonds is 12. The molecule has 1 aliphatic heterocycles. The number of carbonyl (C=O) groups excluding carboxylic acids is 3. The van der Waals surface area contributed by atoms with E-state index in [0.29, 0.717) is 47.5 Å². The Hall–Kier alpha value is -4.50. The van der Waals surface area contributed by atoms with Gasteiger partial charge in [0.15, 0.2) is 5.75 Å². The van der Waals surface area contributed by atoms with Crippen molar-refractivity contribution in [2.24, 2.45) is 11.3 Å². The summed E-state index contributed by atoms with van der Waals surface area (Å²) in [7, 11) is -3.52. The highest BCUT2D eigenvalue weighted by atomic mass is 32.2. The molecular weight excluding hydrogens is 701 g/mol. The molecule has 0 unspecified atom stereocenters. The van der Waals surface area contributed by atoms with E-state index in [0.717, 1.165) is 5.56 Å². The van der Waals surface area contributed by atoms with E-state index < -0.39 is 67.9 Å². The molecule has 2 aliphatic carbocycles. The second kappa shape index (κ2) is 14.0. The van der Waals surface area contributed by atoms with Gasteiger partial charge in [-0.3, -0.25) is 9.59 Å². The van der Waals surface area contributed by atoms with Crippen molar-refractivity contribution in [3.8, 4) is 17.0 Å². The van der Waals surface area contributed by atoms with Gasteiger partial charge >= 0.3 is 6.09 Å². The first kappa shape index (κ1) is 38.2. The van der Waals surface area contributed by atoms with Crippen molar-refractivity contribution in [3.05, 3.63) is 54.7 Å². The van der Waals surface area contributed by atoms with Crippen LogP contribution in [-0.4, -0.2) is 89.0 Å². The van der Waals surface area contributed by atoms with Gasteiger partial charge in [-0.05, 0) is 52.4 Å². The number of amides is 3. The molecule has 2 aromatic heterocycles. The van der Waals surface area contributed by atoms with Gasteiger partial charge in [0.1, 0.15) is 35.0 Å². The highest BCUT2D eigenvalue weighted by Gasteiger charge is 2.56. The second-order valence-electron chi connectivity index (χ2n) is 16.5. The van der Waals surface area contributed by atoms with E-state index in [1.54, 1.807) is 39.8 Å². The molecule has 3 aromatic rings. The molecule has 6 rings (SSSR count). The Labute approximate surface area is 310 Å². The number of ether oxygens (including phenoxy) is 2. The minimum atomic E-state index is -3.52. The topological polar surface area (TPSA) is 182 Å². The molecule has 15 heteroatoms. The van der Waals surface area contributed by atoms with Gasteiger partial charge in [-0.1, -0.05) is 62.3 Å². The van der Waals surface area contributed by atoms with Crippen molar-refractivity contribution in [2.75, 3.05) is 13.1 Å². The summed E-state index contributed by atoms with van der Waals surface area (Å²) >= 11 is 0. The first-order chi connectivity index (χ1) is 24.8. The van der Waals surface area contributed by atoms with Crippen molar-refractivity contribution in [3.63, 3.8) is 0 Å². The summed E-state index contributed by atoms with van der Waals surface area (Å²) in [6.07, 6.45) is 2.06. The second-order valence-corrected chi connectivity index (χ2v) is 18.5. The molecular formula is C38H50N6O8S. The monoisotopic (exact) mass is 750 g/mol. The van der Waals surface area contributed by atoms with E-state index in [-0.39, 0.29) is 25.4 Å². The number of benzene rings is 1. The van der Waals surface area contributed by atoms with Crippen molar-refractivity contribution in [2.45, 2.75) is 109 Å². The number of hydrogen-bond acceptors (Lipinski definition) is 10. The summed E-state index contributed by atoms with van der Waals surface area (Å²) in [5.41, 5.74) is 0.439. The number of fused-ring (bicyclic) bond motifs is 1. The summed E-state index contributed by atoms with van der Waals surface area (Å²) in [5.74, 6) is -0.774. The number of aromatic nitrogens is 2. The van der Waals surface area contributed by atoms with Crippen LogP contribution in [0, 0.1) is 18.3 Å². The van der Waals surface area contributed by atoms with Crippen molar-refractivity contribution in [1.29, 1.82) is 0 Å². The minimum absolute atomic E-state index is 0.00176. The van der Waals surface area contributed by atoms with E-state index >= 15 is 0 Å². The molecule has 0 radical (unpaired) electrons. The number of hydrogen-bond donors (Lipinski definition) is 3. The predicted octanol–water partition coefficient (Wildman–Crippen LogP) is 4.63. The number of likely N-dealkylation sites (tertiary alicyclic amines) is 1. The highest BCUT2D eigenvalue weighted by Crippen LogP contribution is 2.45. The summed E-state index contributed by atoms with van der Waals surface area (Å²) < 4.78 is 45.9. The van der Waals surface area contributed by atoms with Crippen LogP contribution in [0.25, 0.3) is 22.4 Å². The molecule has 5 atom stereocenters. The average Bonchev–Trinajstić information content (AvgIpc) is 3.98. The number of pyridine rings is 1. The molecule has 1 aromatic carbocycles. The van der Waals surface area contributed by atoms with Crippen LogP contribution in [0.1, 0.15) is 72.9 Å². The lowest BCUT2D eigenvalue weighted by molar-refractivity contribution is -0.142. The molecule has 3 aliphatic rings. The zero-order valence-electron chi connectivity index (χ0n) is 31.4. The highest BCUT2D eigenvalue weighted by molar-refractivity contribution is 7.90. The van der Waals surface area contributed by atoms with E-state index in [2.05, 4.69) is 27.1 Å². The van der Waals surface area contributed by atoms with Gasteiger partial charge in [0.05, 0.1) is 23.0 Å². The van der Waals surface area contributed by atoms with Gasteiger partial charge in [0, 0.05) is 30.5 Å². The predicted molar refractivity (Wildman–Crippen MR) is 198 cm³/mol. The number of sulfonamides is 1. The lowest BCUT2D eigenvalue weighted by Gasteiger charge is -2.36. The Morgan fingerprint density at radius 2 is 1.83 bits per heavy atom. The van der Waals surface area contributed by atoms with Gasteiger partial charge < -0.3 is 29.5 Å². The first-order valence-corrected chi connectivity index (χ1v) is 19.6. The smallest absolute Gasteiger partial charge is 0.408 e. The van der Waals surface area contributed by atoms with Crippen molar-refractivity contribution >= 4 is 39.0 Å². The molecule has 3 N–H and O–H groups in total. The van der Waals surface area contributed by atoms with Crippen LogP contribution in [0.5, 0.6) is 5.75 Å². The SMILES string of the molecule is C=C[C@@H]1C[C@@]1(CNS(=O)(=O)C1CC1)NC(=O)[C@@H]1C[C@@H](Oc2cc(-c3ccccc3)nc3c(C)noc23)CN1C(=O)[C@@H](NC(=O)OC(C)(C)C)C(C)(C)C. The molecule has 286 valence electrons. The summed E-state index contributed by atoms with van der Waals surface area (Å²) in [6.45, 7) is 16.3. The molecule has 14 nitrogen and oxygen atoms in total. The van der Waals surface area contributed by atoms with Crippen LogP contribution in [0.3, 0.4) is 0 Å². The molecule has 53 heavy (non-hydrogen) atoms. The van der Waals surface area contributed by atoms with Gasteiger partial charge in [0.2, 0.25) is 27.4 Å². The zero-order valence-corrected chi connectivity index (χ0v) is 32.2. The Morgan fingerprint density at radius 1 is 1.13 bits per heavy atom. The fourth-order valence-electron chi connectivity index (χ4n) is 6.73. The van der Waals surface area contributed by atoms with Crippen LogP contribution in [0.15, 0.2) is 53.6 Å². The van der Waals surface area contributed by atoms with E-state index in [9.17, 15) is 22.8 Å². The normalized spacial score (nSPS) is 23.7. The maximum atomic E-state index is 14.6. The van der Waals surface area contributed by atoms with Gasteiger partial charge in [-0.2, -0.15) is 0 Å². The fourth-order valence-corrected chi connectivity index (χ4v) is 8.18. The average molecular weight is 751 g/mol. The number of carbonyl (C=O) groups is 3. The third kappa shape index (κ3) is 8.51. The van der Waals surface area contributed by atoms with Crippen LogP contribution in [0.2, 0.25) is 0 Å². The lowest BCUT2D eigenvalue weighted by Crippen LogP contribution is -2.59.